The van der Waals surface area contributed by atoms with Crippen LogP contribution in [0.3, 0.4) is 0 Å². The smallest absolute Gasteiger partial charge is 0.152 e. The van der Waals surface area contributed by atoms with Crippen molar-refractivity contribution in [3.05, 3.63) is 69.9 Å². The second kappa shape index (κ2) is 5.80. The van der Waals surface area contributed by atoms with E-state index in [0.717, 1.165) is 0 Å². The first kappa shape index (κ1) is 14.2. The Kier molecular flexibility index (Phi) is 4.32. The Morgan fingerprint density at radius 2 is 1.74 bits per heavy atom. The summed E-state index contributed by atoms with van der Waals surface area (Å²) in [5.41, 5.74) is 4.97. The van der Waals surface area contributed by atoms with E-state index >= 15 is 0 Å². The molecule has 4 heteroatoms. The van der Waals surface area contributed by atoms with Crippen molar-refractivity contribution in [3.63, 3.8) is 0 Å². The lowest BCUT2D eigenvalue weighted by atomic mass is 9.89. The Labute approximate surface area is 119 Å². The van der Waals surface area contributed by atoms with Gasteiger partial charge in [0.25, 0.3) is 0 Å². The van der Waals surface area contributed by atoms with Gasteiger partial charge in [-0.1, -0.05) is 42.5 Å². The quantitative estimate of drug-likeness (QED) is 0.904. The van der Waals surface area contributed by atoms with Crippen LogP contribution < -0.4 is 5.73 Å². The maximum absolute atomic E-state index is 15.0. The molecule has 100 valence electrons. The Hall–Kier alpha value is -1.26. The largest absolute Gasteiger partial charge is 0.327 e. The molecular formula is C15H14BrF2N. The molecule has 0 bridgehead atoms. The van der Waals surface area contributed by atoms with Gasteiger partial charge in [-0.3, -0.25) is 0 Å². The molecule has 2 aromatic carbocycles. The van der Waals surface area contributed by atoms with Gasteiger partial charge >= 0.3 is 0 Å². The van der Waals surface area contributed by atoms with Gasteiger partial charge in [0.1, 0.15) is 5.82 Å². The number of halogens is 3. The molecule has 1 atom stereocenters. The van der Waals surface area contributed by atoms with Crippen molar-refractivity contribution in [3.8, 4) is 0 Å². The van der Waals surface area contributed by atoms with E-state index < -0.39 is 11.5 Å². The lowest BCUT2D eigenvalue weighted by Crippen LogP contribution is -2.32. The third-order valence-electron chi connectivity index (χ3n) is 3.12. The summed E-state index contributed by atoms with van der Waals surface area (Å²) in [5, 5.41) is 0. The summed E-state index contributed by atoms with van der Waals surface area (Å²) in [4.78, 5) is 0. The van der Waals surface area contributed by atoms with E-state index in [0.29, 0.717) is 15.6 Å². The van der Waals surface area contributed by atoms with Crippen molar-refractivity contribution in [1.29, 1.82) is 0 Å². The Bertz CT molecular complexity index is 559. The van der Waals surface area contributed by atoms with Gasteiger partial charge in [0.05, 0.1) is 4.47 Å². The highest BCUT2D eigenvalue weighted by atomic mass is 79.9. The van der Waals surface area contributed by atoms with Gasteiger partial charge in [-0.2, -0.15) is 0 Å². The topological polar surface area (TPSA) is 26.0 Å². The molecule has 0 spiro atoms. The van der Waals surface area contributed by atoms with Crippen molar-refractivity contribution < 1.29 is 8.78 Å². The lowest BCUT2D eigenvalue weighted by Gasteiger charge is -2.25. The van der Waals surface area contributed by atoms with E-state index in [-0.39, 0.29) is 13.0 Å². The maximum Gasteiger partial charge on any atom is 0.152 e. The molecule has 0 saturated carbocycles. The molecule has 19 heavy (non-hydrogen) atoms. The summed E-state index contributed by atoms with van der Waals surface area (Å²) >= 11 is 3.15. The van der Waals surface area contributed by atoms with E-state index in [1.165, 1.54) is 6.07 Å². The molecule has 0 heterocycles. The number of nitrogens with two attached hydrogens (primary N) is 1. The Morgan fingerprint density at radius 1 is 1.05 bits per heavy atom. The van der Waals surface area contributed by atoms with Gasteiger partial charge in [-0.25, -0.2) is 8.78 Å². The Balaban J connectivity index is 2.36. The maximum atomic E-state index is 15.0. The first-order valence-electron chi connectivity index (χ1n) is 5.94. The zero-order chi connectivity index (χ0) is 13.9. The summed E-state index contributed by atoms with van der Waals surface area (Å²) in [6, 6.07) is 13.3. The molecule has 0 saturated heterocycles. The lowest BCUT2D eigenvalue weighted by molar-refractivity contribution is 0.175. The van der Waals surface area contributed by atoms with Crippen molar-refractivity contribution in [2.45, 2.75) is 12.1 Å². The molecule has 0 aliphatic rings. The van der Waals surface area contributed by atoms with Gasteiger partial charge in [-0.15, -0.1) is 0 Å². The van der Waals surface area contributed by atoms with Gasteiger partial charge in [0.2, 0.25) is 0 Å². The zero-order valence-electron chi connectivity index (χ0n) is 10.2. The summed E-state index contributed by atoms with van der Waals surface area (Å²) in [5.74, 6) is -0.398. The van der Waals surface area contributed by atoms with Crippen LogP contribution in [-0.2, 0) is 12.1 Å². The highest BCUT2D eigenvalue weighted by molar-refractivity contribution is 9.10. The fourth-order valence-corrected chi connectivity index (χ4v) is 2.42. The van der Waals surface area contributed by atoms with Crippen LogP contribution in [0.25, 0.3) is 0 Å². The van der Waals surface area contributed by atoms with Crippen molar-refractivity contribution in [2.24, 2.45) is 5.73 Å². The zero-order valence-corrected chi connectivity index (χ0v) is 11.8. The monoisotopic (exact) mass is 325 g/mol. The van der Waals surface area contributed by atoms with Gasteiger partial charge in [-0.05, 0) is 33.1 Å². The molecule has 2 rings (SSSR count). The third kappa shape index (κ3) is 3.01. The molecule has 0 radical (unpaired) electrons. The highest BCUT2D eigenvalue weighted by Gasteiger charge is 2.31. The minimum atomic E-state index is -1.70. The van der Waals surface area contributed by atoms with Crippen molar-refractivity contribution >= 4 is 15.9 Å². The fourth-order valence-electron chi connectivity index (χ4n) is 2.02. The van der Waals surface area contributed by atoms with Crippen LogP contribution in [-0.4, -0.2) is 6.54 Å². The minimum Gasteiger partial charge on any atom is -0.327 e. The van der Waals surface area contributed by atoms with Gasteiger partial charge < -0.3 is 5.73 Å². The molecule has 1 unspecified atom stereocenters. The summed E-state index contributed by atoms with van der Waals surface area (Å²) < 4.78 is 28.7. The van der Waals surface area contributed by atoms with Crippen LogP contribution >= 0.6 is 15.9 Å². The Morgan fingerprint density at radius 3 is 2.37 bits per heavy atom. The first-order chi connectivity index (χ1) is 9.07. The van der Waals surface area contributed by atoms with E-state index in [4.69, 9.17) is 5.73 Å². The standard InChI is InChI=1S/C15H14BrF2N/c16-14-11(5-4-8-13(14)17)9-15(18,10-19)12-6-2-1-3-7-12/h1-8H,9-10,19H2. The van der Waals surface area contributed by atoms with Crippen LogP contribution in [0.4, 0.5) is 8.78 Å². The molecular weight excluding hydrogens is 312 g/mol. The average Bonchev–Trinajstić information content (AvgIpc) is 2.45. The molecule has 0 aliphatic carbocycles. The van der Waals surface area contributed by atoms with Crippen molar-refractivity contribution in [1.82, 2.24) is 0 Å². The number of benzene rings is 2. The summed E-state index contributed by atoms with van der Waals surface area (Å²) in [6.07, 6.45) is 0.0336. The summed E-state index contributed by atoms with van der Waals surface area (Å²) in [6.45, 7) is -0.153. The van der Waals surface area contributed by atoms with Crippen LogP contribution in [0.5, 0.6) is 0 Å². The van der Waals surface area contributed by atoms with E-state index in [1.807, 2.05) is 6.07 Å². The predicted octanol–water partition coefficient (Wildman–Crippen LogP) is 3.95. The normalized spacial score (nSPS) is 14.1. The minimum absolute atomic E-state index is 0.0336. The van der Waals surface area contributed by atoms with Crippen molar-refractivity contribution in [2.75, 3.05) is 6.54 Å². The van der Waals surface area contributed by atoms with E-state index in [1.54, 1.807) is 36.4 Å². The predicted molar refractivity (Wildman–Crippen MR) is 76.1 cm³/mol. The fraction of sp³-hybridized carbons (Fsp3) is 0.200. The summed E-state index contributed by atoms with van der Waals surface area (Å²) in [7, 11) is 0. The number of rotatable bonds is 4. The van der Waals surface area contributed by atoms with Crippen LogP contribution in [0, 0.1) is 5.82 Å². The average molecular weight is 326 g/mol. The number of hydrogen-bond acceptors (Lipinski definition) is 1. The van der Waals surface area contributed by atoms with Crippen LogP contribution in [0.15, 0.2) is 53.0 Å². The number of alkyl halides is 1. The SMILES string of the molecule is NCC(F)(Cc1cccc(F)c1Br)c1ccccc1. The molecule has 0 amide bonds. The molecule has 2 aromatic rings. The van der Waals surface area contributed by atoms with Crippen LogP contribution in [0.1, 0.15) is 11.1 Å². The van der Waals surface area contributed by atoms with E-state index in [9.17, 15) is 8.78 Å². The molecule has 1 nitrogen and oxygen atoms in total. The second-order valence-electron chi connectivity index (χ2n) is 4.43. The number of hydrogen-bond donors (Lipinski definition) is 1. The first-order valence-corrected chi connectivity index (χ1v) is 6.73. The molecule has 2 N–H and O–H groups in total. The second-order valence-corrected chi connectivity index (χ2v) is 5.22. The highest BCUT2D eigenvalue weighted by Crippen LogP contribution is 2.32. The van der Waals surface area contributed by atoms with Crippen LogP contribution in [0.2, 0.25) is 0 Å². The van der Waals surface area contributed by atoms with E-state index in [2.05, 4.69) is 15.9 Å². The van der Waals surface area contributed by atoms with Gasteiger partial charge in [0, 0.05) is 13.0 Å². The van der Waals surface area contributed by atoms with Gasteiger partial charge in [0.15, 0.2) is 5.67 Å². The molecule has 0 aromatic heterocycles. The molecule has 0 aliphatic heterocycles. The third-order valence-corrected chi connectivity index (χ3v) is 4.00. The molecule has 0 fully saturated rings.